The highest BCUT2D eigenvalue weighted by atomic mass is 32.2. The Balaban J connectivity index is 1.58. The Kier molecular flexibility index (Phi) is 6.51. The molecule has 0 aliphatic heterocycles. The second-order valence-corrected chi connectivity index (χ2v) is 9.81. The minimum absolute atomic E-state index is 0.132. The molecule has 0 fully saturated rings. The highest BCUT2D eigenvalue weighted by Crippen LogP contribution is 2.26. The summed E-state index contributed by atoms with van der Waals surface area (Å²) in [7, 11) is -0.552. The van der Waals surface area contributed by atoms with E-state index in [9.17, 15) is 18.0 Å². The maximum absolute atomic E-state index is 13.3. The van der Waals surface area contributed by atoms with E-state index in [1.807, 2.05) is 6.07 Å². The standard InChI is InChI=1S/C26H25N3O4S/c1-27(25(30)20-11-5-3-6-12-20)17-18-28(2)26(31)23-19-29(24-16-10-9-15-22(23)24)34(32,33)21-13-7-4-8-14-21/h3-16,19H,17-18H2,1-2H3. The molecule has 8 heteroatoms. The fourth-order valence-corrected chi connectivity index (χ4v) is 5.13. The van der Waals surface area contributed by atoms with E-state index in [2.05, 4.69) is 0 Å². The number of hydrogen-bond donors (Lipinski definition) is 0. The maximum Gasteiger partial charge on any atom is 0.268 e. The molecule has 2 amide bonds. The zero-order chi connectivity index (χ0) is 24.3. The lowest BCUT2D eigenvalue weighted by Crippen LogP contribution is -2.37. The van der Waals surface area contributed by atoms with Crippen LogP contribution in [0.5, 0.6) is 0 Å². The van der Waals surface area contributed by atoms with Crippen LogP contribution in [-0.2, 0) is 10.0 Å². The highest BCUT2D eigenvalue weighted by molar-refractivity contribution is 7.90. The quantitative estimate of drug-likeness (QED) is 0.408. The van der Waals surface area contributed by atoms with E-state index in [1.165, 1.54) is 23.2 Å². The van der Waals surface area contributed by atoms with E-state index < -0.39 is 10.0 Å². The summed E-state index contributed by atoms with van der Waals surface area (Å²) >= 11 is 0. The fourth-order valence-electron chi connectivity index (χ4n) is 3.74. The summed E-state index contributed by atoms with van der Waals surface area (Å²) in [5.74, 6) is -0.453. The lowest BCUT2D eigenvalue weighted by Gasteiger charge is -2.22. The smallest absolute Gasteiger partial charge is 0.268 e. The number of benzene rings is 3. The number of carbonyl (C=O) groups is 2. The molecule has 4 rings (SSSR count). The van der Waals surface area contributed by atoms with Crippen LogP contribution in [0.1, 0.15) is 20.7 Å². The molecule has 4 aromatic rings. The SMILES string of the molecule is CN(CCN(C)C(=O)c1cn(S(=O)(=O)c2ccccc2)c2ccccc12)C(=O)c1ccccc1. The van der Waals surface area contributed by atoms with E-state index >= 15 is 0 Å². The van der Waals surface area contributed by atoms with Crippen LogP contribution in [0.25, 0.3) is 10.9 Å². The molecule has 0 aliphatic rings. The minimum Gasteiger partial charge on any atom is -0.340 e. The topological polar surface area (TPSA) is 79.7 Å². The first-order chi connectivity index (χ1) is 16.3. The van der Waals surface area contributed by atoms with Crippen molar-refractivity contribution in [2.75, 3.05) is 27.2 Å². The molecule has 7 nitrogen and oxygen atoms in total. The summed E-state index contributed by atoms with van der Waals surface area (Å²) in [4.78, 5) is 29.1. The van der Waals surface area contributed by atoms with Crippen LogP contribution < -0.4 is 0 Å². The van der Waals surface area contributed by atoms with Crippen molar-refractivity contribution in [3.63, 3.8) is 0 Å². The van der Waals surface area contributed by atoms with E-state index in [0.29, 0.717) is 29.6 Å². The summed E-state index contributed by atoms with van der Waals surface area (Å²) in [6.45, 7) is 0.621. The summed E-state index contributed by atoms with van der Waals surface area (Å²) in [5.41, 5.74) is 1.29. The zero-order valence-corrected chi connectivity index (χ0v) is 19.8. The summed E-state index contributed by atoms with van der Waals surface area (Å²) in [5, 5.41) is 0.549. The maximum atomic E-state index is 13.3. The van der Waals surface area contributed by atoms with Crippen LogP contribution in [0.15, 0.2) is 96.0 Å². The fraction of sp³-hybridized carbons (Fsp3) is 0.154. The molecule has 0 N–H and O–H groups in total. The number of amides is 2. The summed E-state index contributed by atoms with van der Waals surface area (Å²) < 4.78 is 27.7. The van der Waals surface area contributed by atoms with Gasteiger partial charge in [0.25, 0.3) is 21.8 Å². The monoisotopic (exact) mass is 475 g/mol. The second kappa shape index (κ2) is 9.52. The Morgan fingerprint density at radius 3 is 1.91 bits per heavy atom. The third kappa shape index (κ3) is 4.45. The van der Waals surface area contributed by atoms with Gasteiger partial charge in [0.05, 0.1) is 16.0 Å². The molecule has 3 aromatic carbocycles. The van der Waals surface area contributed by atoms with Crippen molar-refractivity contribution in [2.45, 2.75) is 4.90 Å². The number of fused-ring (bicyclic) bond motifs is 1. The average molecular weight is 476 g/mol. The zero-order valence-electron chi connectivity index (χ0n) is 19.0. The van der Waals surface area contributed by atoms with Crippen LogP contribution in [0.2, 0.25) is 0 Å². The molecule has 0 unspecified atom stereocenters. The van der Waals surface area contributed by atoms with Crippen LogP contribution in [0.4, 0.5) is 0 Å². The molecule has 0 aliphatic carbocycles. The Bertz CT molecular complexity index is 1430. The van der Waals surface area contributed by atoms with Crippen molar-refractivity contribution in [2.24, 2.45) is 0 Å². The molecule has 0 bridgehead atoms. The molecule has 1 aromatic heterocycles. The van der Waals surface area contributed by atoms with E-state index in [-0.39, 0.29) is 22.3 Å². The minimum atomic E-state index is -3.88. The third-order valence-electron chi connectivity index (χ3n) is 5.69. The van der Waals surface area contributed by atoms with Gasteiger partial charge in [0.2, 0.25) is 0 Å². The van der Waals surface area contributed by atoms with Gasteiger partial charge in [0, 0.05) is 44.3 Å². The number of likely N-dealkylation sites (N-methyl/N-ethyl adjacent to an activating group) is 2. The number of carbonyl (C=O) groups excluding carboxylic acids is 2. The number of rotatable bonds is 7. The number of aromatic nitrogens is 1. The number of nitrogens with zero attached hydrogens (tertiary/aromatic N) is 3. The molecule has 34 heavy (non-hydrogen) atoms. The van der Waals surface area contributed by atoms with Crippen molar-refractivity contribution in [3.8, 4) is 0 Å². The lowest BCUT2D eigenvalue weighted by molar-refractivity contribution is 0.0719. The van der Waals surface area contributed by atoms with E-state index in [4.69, 9.17) is 0 Å². The lowest BCUT2D eigenvalue weighted by atomic mass is 10.1. The third-order valence-corrected chi connectivity index (χ3v) is 7.38. The summed E-state index contributed by atoms with van der Waals surface area (Å²) in [6.07, 6.45) is 1.38. The number of hydrogen-bond acceptors (Lipinski definition) is 4. The first-order valence-electron chi connectivity index (χ1n) is 10.8. The predicted molar refractivity (Wildman–Crippen MR) is 131 cm³/mol. The van der Waals surface area contributed by atoms with Gasteiger partial charge in [-0.05, 0) is 30.3 Å². The van der Waals surface area contributed by atoms with Crippen molar-refractivity contribution >= 4 is 32.7 Å². The van der Waals surface area contributed by atoms with Gasteiger partial charge in [0.1, 0.15) is 0 Å². The Hall–Kier alpha value is -3.91. The molecule has 1 heterocycles. The normalized spacial score (nSPS) is 11.4. The first-order valence-corrected chi connectivity index (χ1v) is 12.2. The van der Waals surface area contributed by atoms with Gasteiger partial charge in [-0.1, -0.05) is 54.6 Å². The molecule has 0 saturated heterocycles. The Morgan fingerprint density at radius 2 is 1.26 bits per heavy atom. The van der Waals surface area contributed by atoms with Gasteiger partial charge in [0.15, 0.2) is 0 Å². The molecular weight excluding hydrogens is 450 g/mol. The van der Waals surface area contributed by atoms with Gasteiger partial charge in [-0.15, -0.1) is 0 Å². The molecule has 0 saturated carbocycles. The highest BCUT2D eigenvalue weighted by Gasteiger charge is 2.25. The van der Waals surface area contributed by atoms with Gasteiger partial charge in [-0.3, -0.25) is 9.59 Å². The van der Waals surface area contributed by atoms with Gasteiger partial charge in [-0.25, -0.2) is 12.4 Å². The van der Waals surface area contributed by atoms with Crippen molar-refractivity contribution in [1.82, 2.24) is 13.8 Å². The second-order valence-electron chi connectivity index (χ2n) is 7.99. The molecule has 0 spiro atoms. The van der Waals surface area contributed by atoms with Gasteiger partial charge >= 0.3 is 0 Å². The Morgan fingerprint density at radius 1 is 0.735 bits per heavy atom. The van der Waals surface area contributed by atoms with Crippen LogP contribution >= 0.6 is 0 Å². The largest absolute Gasteiger partial charge is 0.340 e. The first kappa shape index (κ1) is 23.3. The molecule has 174 valence electrons. The van der Waals surface area contributed by atoms with E-state index in [0.717, 1.165) is 3.97 Å². The summed E-state index contributed by atoms with van der Waals surface area (Å²) in [6, 6.07) is 24.0. The van der Waals surface area contributed by atoms with Crippen LogP contribution in [-0.4, -0.2) is 61.2 Å². The van der Waals surface area contributed by atoms with Gasteiger partial charge < -0.3 is 9.80 Å². The van der Waals surface area contributed by atoms with Gasteiger partial charge in [-0.2, -0.15) is 0 Å². The van der Waals surface area contributed by atoms with Crippen molar-refractivity contribution in [1.29, 1.82) is 0 Å². The molecular formula is C26H25N3O4S. The predicted octanol–water partition coefficient (Wildman–Crippen LogP) is 3.72. The van der Waals surface area contributed by atoms with Crippen LogP contribution in [0, 0.1) is 0 Å². The molecule has 0 radical (unpaired) electrons. The Labute approximate surface area is 198 Å². The van der Waals surface area contributed by atoms with Crippen LogP contribution in [0.3, 0.4) is 0 Å². The van der Waals surface area contributed by atoms with Crippen molar-refractivity contribution in [3.05, 3.63) is 102 Å². The number of para-hydroxylation sites is 1. The van der Waals surface area contributed by atoms with E-state index in [1.54, 1.807) is 85.7 Å². The molecule has 0 atom stereocenters. The average Bonchev–Trinajstić information content (AvgIpc) is 3.27. The van der Waals surface area contributed by atoms with Crippen molar-refractivity contribution < 1.29 is 18.0 Å².